The number of furan rings is 2. The van der Waals surface area contributed by atoms with Crippen LogP contribution in [0.25, 0.3) is 180 Å². The maximum atomic E-state index is 6.53. The Bertz CT molecular complexity index is 8320. The van der Waals surface area contributed by atoms with Crippen molar-refractivity contribution < 1.29 is 8.83 Å². The van der Waals surface area contributed by atoms with Crippen molar-refractivity contribution in [1.29, 1.82) is 0 Å². The van der Waals surface area contributed by atoms with E-state index in [1.54, 1.807) is 0 Å². The van der Waals surface area contributed by atoms with Crippen molar-refractivity contribution >= 4 is 221 Å². The maximum absolute atomic E-state index is 6.53. The molecule has 0 atom stereocenters. The van der Waals surface area contributed by atoms with Gasteiger partial charge in [0.1, 0.15) is 11.2 Å². The molecule has 0 aliphatic heterocycles. The molecule has 608 valence electrons. The quantitative estimate of drug-likeness (QED) is 0.108. The molecule has 0 spiro atoms. The lowest BCUT2D eigenvalue weighted by Crippen LogP contribution is -2.10. The molecule has 0 saturated heterocycles. The SMILES string of the molecule is c1ccc(-c2ccc(N(c3ccc(-c4cccc5c4sc4ccccc45)cc3)c3cccc4c3oc3ccccc34)cc2)cc1.c1ccc(-c2ccc(N(c3ccc(-c4cccc5c4sc4ccccc45)cc3)c3cccc4c3sc3ccccc34)cc2)cc1.c1ccc(N(c2ccc(-c3cccc4c3sc3ccccc34)cc2)c2cccc3c2oc2ccccc23)cc1. The monoisotopic (exact) mass is 1720 g/mol. The highest BCUT2D eigenvalue weighted by Gasteiger charge is 2.25. The summed E-state index contributed by atoms with van der Waals surface area (Å²) in [6, 6.07) is 167. The fourth-order valence-electron chi connectivity index (χ4n) is 18.7. The van der Waals surface area contributed by atoms with Crippen LogP contribution >= 0.6 is 45.3 Å². The van der Waals surface area contributed by atoms with Gasteiger partial charge in [0, 0.05) is 132 Å². The summed E-state index contributed by atoms with van der Waals surface area (Å²) in [5, 5.41) is 15.0. The molecule has 129 heavy (non-hydrogen) atoms. The van der Waals surface area contributed by atoms with Crippen LogP contribution in [-0.2, 0) is 0 Å². The Morgan fingerprint density at radius 3 is 0.729 bits per heavy atom. The molecule has 0 unspecified atom stereocenters. The van der Waals surface area contributed by atoms with Gasteiger partial charge in [0.15, 0.2) is 11.2 Å². The summed E-state index contributed by atoms with van der Waals surface area (Å²) >= 11 is 7.49. The number of anilines is 9. The average Bonchev–Trinajstić information content (AvgIpc) is 1.62. The van der Waals surface area contributed by atoms with Crippen molar-refractivity contribution in [2.24, 2.45) is 0 Å². The van der Waals surface area contributed by atoms with E-state index in [-0.39, 0.29) is 0 Å². The van der Waals surface area contributed by atoms with Gasteiger partial charge in [0.25, 0.3) is 0 Å². The lowest BCUT2D eigenvalue weighted by atomic mass is 10.0. The summed E-state index contributed by atoms with van der Waals surface area (Å²) in [6.45, 7) is 0. The number of para-hydroxylation sites is 5. The number of rotatable bonds is 14. The van der Waals surface area contributed by atoms with E-state index < -0.39 is 0 Å². The third-order valence-corrected chi connectivity index (χ3v) is 29.7. The van der Waals surface area contributed by atoms with E-state index in [2.05, 4.69) is 458 Å². The normalized spacial score (nSPS) is 11.6. The molecular weight excluding hydrogens is 1640 g/mol. The maximum Gasteiger partial charge on any atom is 0.159 e. The first-order chi connectivity index (χ1) is 64.0. The van der Waals surface area contributed by atoms with Crippen LogP contribution in [0, 0.1) is 0 Å². The summed E-state index contributed by atoms with van der Waals surface area (Å²) in [6.07, 6.45) is 0. The zero-order valence-corrected chi connectivity index (χ0v) is 73.0. The second-order valence-electron chi connectivity index (χ2n) is 32.4. The molecule has 0 aliphatic rings. The van der Waals surface area contributed by atoms with Crippen LogP contribution < -0.4 is 14.7 Å². The fourth-order valence-corrected chi connectivity index (χ4v) is 23.7. The van der Waals surface area contributed by atoms with Gasteiger partial charge in [-0.1, -0.05) is 340 Å². The van der Waals surface area contributed by atoms with Crippen molar-refractivity contribution in [3.63, 3.8) is 0 Å². The van der Waals surface area contributed by atoms with E-state index in [4.69, 9.17) is 8.83 Å². The number of nitrogens with zero attached hydrogens (tertiary/aromatic N) is 3. The Morgan fingerprint density at radius 2 is 0.380 bits per heavy atom. The topological polar surface area (TPSA) is 36.0 Å². The summed E-state index contributed by atoms with van der Waals surface area (Å²) in [4.78, 5) is 7.01. The van der Waals surface area contributed by atoms with Crippen LogP contribution in [0.3, 0.4) is 0 Å². The standard InChI is InChI=1S/C42H27NOS.C42H27NS2.C36H23NOS/c1-2-10-28(11-3-1)29-20-24-31(25-21-29)43(38-17-9-15-36-34-12-4-6-18-39(34)44-41(36)38)32-26-22-30(23-27-32)33-14-8-16-37-35-13-5-7-19-40(35)45-42(33)37;1-2-10-28(11-3-1)29-20-24-31(25-21-29)43(38-17-9-16-37-35-13-5-7-19-40(35)45-42(37)38)32-26-22-30(23-27-32)33-14-8-15-36-34-12-4-6-18-39(34)44-41(33)36;1-2-10-25(11-3-1)37(32-17-9-15-30-28-12-4-6-18-33(28)38-35(30)32)26-22-20-24(21-23-26)27-14-8-16-31-29-13-5-7-19-34(29)39-36(27)31/h2*1-27H;1-23H. The molecule has 9 heteroatoms. The van der Waals surface area contributed by atoms with Gasteiger partial charge in [-0.3, -0.25) is 0 Å². The highest BCUT2D eigenvalue weighted by molar-refractivity contribution is 7.27. The predicted octanol–water partition coefficient (Wildman–Crippen LogP) is 37.1. The van der Waals surface area contributed by atoms with Gasteiger partial charge >= 0.3 is 0 Å². The third kappa shape index (κ3) is 14.0. The second-order valence-corrected chi connectivity index (χ2v) is 36.6. The number of hydrogen-bond acceptors (Lipinski definition) is 9. The van der Waals surface area contributed by atoms with E-state index in [9.17, 15) is 0 Å². The molecule has 0 radical (unpaired) electrons. The van der Waals surface area contributed by atoms with Crippen LogP contribution in [-0.4, -0.2) is 0 Å². The van der Waals surface area contributed by atoms with Crippen LogP contribution in [0.1, 0.15) is 0 Å². The first-order valence-electron chi connectivity index (χ1n) is 43.5. The molecule has 0 amide bonds. The molecule has 5 nitrogen and oxygen atoms in total. The minimum absolute atomic E-state index is 0.880. The second kappa shape index (κ2) is 33.0. The average molecular weight is 1720 g/mol. The highest BCUT2D eigenvalue weighted by Crippen LogP contribution is 2.51. The molecule has 26 aromatic rings. The van der Waals surface area contributed by atoms with E-state index in [1.807, 2.05) is 69.6 Å². The first kappa shape index (κ1) is 76.9. The van der Waals surface area contributed by atoms with Crippen LogP contribution in [0.5, 0.6) is 0 Å². The molecule has 6 heterocycles. The number of hydrogen-bond donors (Lipinski definition) is 0. The first-order valence-corrected chi connectivity index (χ1v) is 46.7. The van der Waals surface area contributed by atoms with Crippen LogP contribution in [0.15, 0.2) is 476 Å². The molecule has 0 saturated carbocycles. The van der Waals surface area contributed by atoms with E-state index in [0.717, 1.165) is 89.4 Å². The van der Waals surface area contributed by atoms with Gasteiger partial charge in [-0.2, -0.15) is 0 Å². The summed E-state index contributed by atoms with van der Waals surface area (Å²) in [5.74, 6) is 0. The van der Waals surface area contributed by atoms with E-state index in [1.165, 1.54) is 142 Å². The number of fused-ring (bicyclic) bond motifs is 18. The minimum Gasteiger partial charge on any atom is -0.454 e. The van der Waals surface area contributed by atoms with E-state index >= 15 is 0 Å². The minimum atomic E-state index is 0.880. The smallest absolute Gasteiger partial charge is 0.159 e. The molecule has 20 aromatic carbocycles. The lowest BCUT2D eigenvalue weighted by Gasteiger charge is -2.26. The highest BCUT2D eigenvalue weighted by atomic mass is 32.1. The van der Waals surface area contributed by atoms with Crippen molar-refractivity contribution in [3.8, 4) is 55.6 Å². The van der Waals surface area contributed by atoms with Crippen molar-refractivity contribution in [2.45, 2.75) is 0 Å². The Morgan fingerprint density at radius 1 is 0.147 bits per heavy atom. The Kier molecular flexibility index (Phi) is 19.7. The Balaban J connectivity index is 0.000000108. The summed E-state index contributed by atoms with van der Waals surface area (Å²) in [5.41, 5.74) is 25.7. The van der Waals surface area contributed by atoms with E-state index in [0.29, 0.717) is 0 Å². The summed E-state index contributed by atoms with van der Waals surface area (Å²) < 4.78 is 23.6. The molecule has 6 aromatic heterocycles. The Hall–Kier alpha value is -15.7. The number of benzene rings is 20. The van der Waals surface area contributed by atoms with Gasteiger partial charge in [-0.15, -0.1) is 45.3 Å². The molecule has 0 fully saturated rings. The van der Waals surface area contributed by atoms with Gasteiger partial charge in [0.05, 0.1) is 21.8 Å². The third-order valence-electron chi connectivity index (χ3n) is 24.9. The predicted molar refractivity (Wildman–Crippen MR) is 557 cm³/mol. The molecule has 0 N–H and O–H groups in total. The zero-order valence-electron chi connectivity index (χ0n) is 69.7. The number of thiophene rings is 4. The molecular formula is C120H77N3O2S4. The van der Waals surface area contributed by atoms with Gasteiger partial charge < -0.3 is 23.5 Å². The zero-order chi connectivity index (χ0) is 85.2. The van der Waals surface area contributed by atoms with Crippen molar-refractivity contribution in [1.82, 2.24) is 0 Å². The van der Waals surface area contributed by atoms with Gasteiger partial charge in [-0.25, -0.2) is 0 Å². The molecule has 0 aliphatic carbocycles. The lowest BCUT2D eigenvalue weighted by molar-refractivity contribution is 0.668. The van der Waals surface area contributed by atoms with Gasteiger partial charge in [0.2, 0.25) is 0 Å². The largest absolute Gasteiger partial charge is 0.454 e. The van der Waals surface area contributed by atoms with Crippen molar-refractivity contribution in [3.05, 3.63) is 467 Å². The van der Waals surface area contributed by atoms with Crippen LogP contribution in [0.4, 0.5) is 51.2 Å². The Labute approximate surface area is 761 Å². The molecule has 0 bridgehead atoms. The fraction of sp³-hybridized carbons (Fsp3) is 0. The summed E-state index contributed by atoms with van der Waals surface area (Å²) in [7, 11) is 0. The van der Waals surface area contributed by atoms with Crippen LogP contribution in [0.2, 0.25) is 0 Å². The van der Waals surface area contributed by atoms with Gasteiger partial charge in [-0.05, 0) is 183 Å². The van der Waals surface area contributed by atoms with Crippen molar-refractivity contribution in [2.75, 3.05) is 14.7 Å². The molecule has 26 rings (SSSR count).